The highest BCUT2D eigenvalue weighted by Gasteiger charge is 2.23. The van der Waals surface area contributed by atoms with Crippen LogP contribution in [0, 0.1) is 5.82 Å². The molecule has 26 heavy (non-hydrogen) atoms. The van der Waals surface area contributed by atoms with Crippen molar-refractivity contribution < 1.29 is 18.8 Å². The van der Waals surface area contributed by atoms with Gasteiger partial charge < -0.3 is 19.9 Å². The van der Waals surface area contributed by atoms with Crippen molar-refractivity contribution in [1.82, 2.24) is 0 Å². The summed E-state index contributed by atoms with van der Waals surface area (Å²) < 4.78 is 19.3. The lowest BCUT2D eigenvalue weighted by Gasteiger charge is -2.33. The van der Waals surface area contributed by atoms with Gasteiger partial charge >= 0.3 is 0 Å². The van der Waals surface area contributed by atoms with E-state index in [9.17, 15) is 9.18 Å². The SMILES string of the molecule is CCOc1ccc(NC(=O)C[NH+]2CCN(c3ccccc3F)CC2)cc1. The second-order valence-electron chi connectivity index (χ2n) is 6.37. The average Bonchev–Trinajstić information content (AvgIpc) is 2.65. The molecule has 1 aliphatic rings. The van der Waals surface area contributed by atoms with Gasteiger partial charge in [0, 0.05) is 5.69 Å². The summed E-state index contributed by atoms with van der Waals surface area (Å²) >= 11 is 0. The van der Waals surface area contributed by atoms with Crippen LogP contribution in [0.2, 0.25) is 0 Å². The van der Waals surface area contributed by atoms with E-state index in [-0.39, 0.29) is 11.7 Å². The van der Waals surface area contributed by atoms with Crippen LogP contribution < -0.4 is 19.9 Å². The van der Waals surface area contributed by atoms with Crippen LogP contribution in [0.1, 0.15) is 6.92 Å². The minimum absolute atomic E-state index is 0.0106. The van der Waals surface area contributed by atoms with Crippen molar-refractivity contribution in [3.63, 3.8) is 0 Å². The van der Waals surface area contributed by atoms with Gasteiger partial charge in [-0.1, -0.05) is 12.1 Å². The Labute approximate surface area is 153 Å². The zero-order chi connectivity index (χ0) is 18.4. The molecule has 5 nitrogen and oxygen atoms in total. The Morgan fingerprint density at radius 3 is 2.50 bits per heavy atom. The molecule has 138 valence electrons. The second-order valence-corrected chi connectivity index (χ2v) is 6.37. The van der Waals surface area contributed by atoms with Gasteiger partial charge in [-0.25, -0.2) is 4.39 Å². The van der Waals surface area contributed by atoms with Gasteiger partial charge in [0.15, 0.2) is 6.54 Å². The van der Waals surface area contributed by atoms with Crippen molar-refractivity contribution in [2.45, 2.75) is 6.92 Å². The van der Waals surface area contributed by atoms with Crippen LogP contribution in [0.5, 0.6) is 5.75 Å². The molecule has 6 heteroatoms. The number of hydrogen-bond acceptors (Lipinski definition) is 3. The molecule has 1 aliphatic heterocycles. The lowest BCUT2D eigenvalue weighted by Crippen LogP contribution is -3.15. The van der Waals surface area contributed by atoms with Crippen molar-refractivity contribution in [3.8, 4) is 5.75 Å². The smallest absolute Gasteiger partial charge is 0.279 e. The maximum Gasteiger partial charge on any atom is 0.279 e. The van der Waals surface area contributed by atoms with Crippen molar-refractivity contribution in [1.29, 1.82) is 0 Å². The van der Waals surface area contributed by atoms with Gasteiger partial charge in [-0.15, -0.1) is 0 Å². The van der Waals surface area contributed by atoms with E-state index in [1.807, 2.05) is 42.2 Å². The first-order valence-corrected chi connectivity index (χ1v) is 9.01. The Morgan fingerprint density at radius 2 is 1.85 bits per heavy atom. The third-order valence-corrected chi connectivity index (χ3v) is 4.52. The van der Waals surface area contributed by atoms with Gasteiger partial charge in [0.05, 0.1) is 38.5 Å². The zero-order valence-corrected chi connectivity index (χ0v) is 15.0. The van der Waals surface area contributed by atoms with Crippen LogP contribution in [0.3, 0.4) is 0 Å². The zero-order valence-electron chi connectivity index (χ0n) is 15.0. The maximum absolute atomic E-state index is 13.9. The molecule has 0 bridgehead atoms. The molecule has 0 atom stereocenters. The van der Waals surface area contributed by atoms with Crippen molar-refractivity contribution in [3.05, 3.63) is 54.3 Å². The van der Waals surface area contributed by atoms with Crippen LogP contribution in [-0.4, -0.2) is 45.2 Å². The number of ether oxygens (including phenoxy) is 1. The highest BCUT2D eigenvalue weighted by molar-refractivity contribution is 5.91. The van der Waals surface area contributed by atoms with Gasteiger partial charge in [0.2, 0.25) is 0 Å². The first-order valence-electron chi connectivity index (χ1n) is 9.01. The monoisotopic (exact) mass is 358 g/mol. The van der Waals surface area contributed by atoms with Gasteiger partial charge in [-0.3, -0.25) is 4.79 Å². The number of anilines is 2. The molecule has 1 fully saturated rings. The number of benzene rings is 2. The van der Waals surface area contributed by atoms with Crippen LogP contribution in [0.15, 0.2) is 48.5 Å². The number of para-hydroxylation sites is 1. The van der Waals surface area contributed by atoms with Crippen LogP contribution >= 0.6 is 0 Å². The van der Waals surface area contributed by atoms with Gasteiger partial charge in [-0.2, -0.15) is 0 Å². The van der Waals surface area contributed by atoms with E-state index in [0.29, 0.717) is 18.8 Å². The number of hydrogen-bond donors (Lipinski definition) is 2. The minimum Gasteiger partial charge on any atom is -0.494 e. The van der Waals surface area contributed by atoms with Crippen LogP contribution in [-0.2, 0) is 4.79 Å². The van der Waals surface area contributed by atoms with Gasteiger partial charge in [-0.05, 0) is 43.3 Å². The molecule has 2 aromatic rings. The van der Waals surface area contributed by atoms with Gasteiger partial charge in [0.25, 0.3) is 5.91 Å². The quantitative estimate of drug-likeness (QED) is 0.824. The molecule has 0 unspecified atom stereocenters. The summed E-state index contributed by atoms with van der Waals surface area (Å²) in [6.45, 7) is 6.08. The molecule has 0 spiro atoms. The number of rotatable bonds is 6. The molecule has 2 N–H and O–H groups in total. The highest BCUT2D eigenvalue weighted by atomic mass is 19.1. The number of piperazine rings is 1. The normalized spacial score (nSPS) is 14.9. The Balaban J connectivity index is 1.46. The number of quaternary nitrogens is 1. The fourth-order valence-electron chi connectivity index (χ4n) is 3.18. The first-order chi connectivity index (χ1) is 12.7. The lowest BCUT2D eigenvalue weighted by atomic mass is 10.2. The predicted molar refractivity (Wildman–Crippen MR) is 100 cm³/mol. The first kappa shape index (κ1) is 18.2. The molecule has 0 aromatic heterocycles. The maximum atomic E-state index is 13.9. The standard InChI is InChI=1S/C20H24FN3O2/c1-2-26-17-9-7-16(8-10-17)22-20(25)15-23-11-13-24(14-12-23)19-6-4-3-5-18(19)21/h3-10H,2,11-15H2,1H3,(H,22,25)/p+1. The number of nitrogens with zero attached hydrogens (tertiary/aromatic N) is 1. The summed E-state index contributed by atoms with van der Waals surface area (Å²) in [6.07, 6.45) is 0. The molecule has 2 aromatic carbocycles. The summed E-state index contributed by atoms with van der Waals surface area (Å²) in [4.78, 5) is 15.5. The van der Waals surface area contributed by atoms with Gasteiger partial charge in [0.1, 0.15) is 11.6 Å². The minimum atomic E-state index is -0.191. The van der Waals surface area contributed by atoms with E-state index in [2.05, 4.69) is 5.32 Å². The molecule has 1 heterocycles. The van der Waals surface area contributed by atoms with Crippen molar-refractivity contribution >= 4 is 17.3 Å². The highest BCUT2D eigenvalue weighted by Crippen LogP contribution is 2.18. The molecular formula is C20H25FN3O2+. The van der Waals surface area contributed by atoms with E-state index in [0.717, 1.165) is 37.6 Å². The third-order valence-electron chi connectivity index (χ3n) is 4.52. The fraction of sp³-hybridized carbons (Fsp3) is 0.350. The molecule has 0 aliphatic carbocycles. The van der Waals surface area contributed by atoms with E-state index < -0.39 is 0 Å². The topological polar surface area (TPSA) is 46.0 Å². The Hall–Kier alpha value is -2.60. The molecule has 1 amide bonds. The molecule has 3 rings (SSSR count). The van der Waals surface area contributed by atoms with Crippen molar-refractivity contribution in [2.24, 2.45) is 0 Å². The van der Waals surface area contributed by atoms with Crippen molar-refractivity contribution in [2.75, 3.05) is 49.5 Å². The summed E-state index contributed by atoms with van der Waals surface area (Å²) in [6, 6.07) is 14.2. The fourth-order valence-corrected chi connectivity index (χ4v) is 3.18. The van der Waals surface area contributed by atoms with E-state index >= 15 is 0 Å². The summed E-state index contributed by atoms with van der Waals surface area (Å²) in [5.74, 6) is 0.591. The number of carbonyl (C=O) groups excluding carboxylic acids is 1. The number of halogens is 1. The third kappa shape index (κ3) is 4.73. The predicted octanol–water partition coefficient (Wildman–Crippen LogP) is 1.57. The molecule has 0 saturated carbocycles. The second kappa shape index (κ2) is 8.67. The summed E-state index contributed by atoms with van der Waals surface area (Å²) in [5.41, 5.74) is 1.41. The summed E-state index contributed by atoms with van der Waals surface area (Å²) in [5, 5.41) is 2.92. The Morgan fingerprint density at radius 1 is 1.15 bits per heavy atom. The number of carbonyl (C=O) groups is 1. The largest absolute Gasteiger partial charge is 0.494 e. The molecular weight excluding hydrogens is 333 g/mol. The van der Waals surface area contributed by atoms with E-state index in [1.165, 1.54) is 11.0 Å². The van der Waals surface area contributed by atoms with E-state index in [1.54, 1.807) is 12.1 Å². The molecule has 0 radical (unpaired) electrons. The Kier molecular flexibility index (Phi) is 6.07. The molecule has 1 saturated heterocycles. The number of nitrogens with one attached hydrogen (secondary N) is 2. The van der Waals surface area contributed by atoms with E-state index in [4.69, 9.17) is 4.74 Å². The van der Waals surface area contributed by atoms with Crippen LogP contribution in [0.25, 0.3) is 0 Å². The Bertz CT molecular complexity index is 728. The summed E-state index contributed by atoms with van der Waals surface area (Å²) in [7, 11) is 0. The lowest BCUT2D eigenvalue weighted by molar-refractivity contribution is -0.892. The number of amides is 1. The van der Waals surface area contributed by atoms with Crippen LogP contribution in [0.4, 0.5) is 15.8 Å². The average molecular weight is 358 g/mol.